The Morgan fingerprint density at radius 2 is 2.07 bits per heavy atom. The number of hydrogen-bond acceptors (Lipinski definition) is 6. The minimum atomic E-state index is -0.551. The Bertz CT molecular complexity index is 920. The number of benzene rings is 1. The third kappa shape index (κ3) is 4.62. The van der Waals surface area contributed by atoms with E-state index in [-0.39, 0.29) is 24.8 Å². The predicted molar refractivity (Wildman–Crippen MR) is 115 cm³/mol. The summed E-state index contributed by atoms with van der Waals surface area (Å²) < 4.78 is 20.5. The molecule has 2 aliphatic rings. The van der Waals surface area contributed by atoms with E-state index in [4.69, 9.17) is 16.3 Å². The van der Waals surface area contributed by atoms with E-state index < -0.39 is 12.2 Å². The van der Waals surface area contributed by atoms with Gasteiger partial charge in [-0.15, -0.1) is 11.3 Å². The average molecular weight is 456 g/mol. The first-order valence-electron chi connectivity index (χ1n) is 9.15. The van der Waals surface area contributed by atoms with Crippen LogP contribution in [0.15, 0.2) is 30.3 Å². The van der Waals surface area contributed by atoms with Crippen LogP contribution in [0.3, 0.4) is 0 Å². The lowest BCUT2D eigenvalue weighted by atomic mass is 10.2. The quantitative estimate of drug-likeness (QED) is 0.742. The van der Waals surface area contributed by atoms with Crippen molar-refractivity contribution in [3.63, 3.8) is 0 Å². The van der Waals surface area contributed by atoms with Crippen LogP contribution in [0.4, 0.5) is 20.6 Å². The molecule has 4 rings (SSSR count). The van der Waals surface area contributed by atoms with Crippen LogP contribution < -0.4 is 15.1 Å². The van der Waals surface area contributed by atoms with Crippen LogP contribution in [0.25, 0.3) is 0 Å². The number of ether oxygens (including phenoxy) is 1. The maximum Gasteiger partial charge on any atom is 0.414 e. The van der Waals surface area contributed by atoms with Gasteiger partial charge in [0.05, 0.1) is 33.7 Å². The summed E-state index contributed by atoms with van der Waals surface area (Å²) in [5.74, 6) is 1.33. The maximum atomic E-state index is 14.7. The molecule has 29 heavy (non-hydrogen) atoms. The molecular weight excluding hydrogens is 437 g/mol. The first-order chi connectivity index (χ1) is 14.0. The zero-order valence-electron chi connectivity index (χ0n) is 15.4. The smallest absolute Gasteiger partial charge is 0.414 e. The number of nitrogens with zero attached hydrogens (tertiary/aromatic N) is 2. The molecule has 0 saturated carbocycles. The summed E-state index contributed by atoms with van der Waals surface area (Å²) in [4.78, 5) is 28.3. The number of anilines is 2. The van der Waals surface area contributed by atoms with Gasteiger partial charge in [0, 0.05) is 24.6 Å². The number of carbonyl (C=O) groups excluding carboxylic acids is 2. The fourth-order valence-electron chi connectivity index (χ4n) is 3.29. The molecule has 6 nitrogen and oxygen atoms in total. The Morgan fingerprint density at radius 1 is 1.28 bits per heavy atom. The summed E-state index contributed by atoms with van der Waals surface area (Å²) in [7, 11) is 0. The molecule has 2 amide bonds. The number of cyclic esters (lactones) is 1. The fraction of sp³-hybridized carbons (Fsp3) is 0.368. The van der Waals surface area contributed by atoms with Gasteiger partial charge >= 0.3 is 6.09 Å². The van der Waals surface area contributed by atoms with Gasteiger partial charge in [0.1, 0.15) is 11.9 Å². The molecule has 2 aliphatic heterocycles. The molecule has 2 saturated heterocycles. The Balaban J connectivity index is 1.37. The van der Waals surface area contributed by atoms with E-state index in [9.17, 15) is 14.0 Å². The molecule has 154 valence electrons. The second kappa shape index (κ2) is 8.81. The van der Waals surface area contributed by atoms with Crippen molar-refractivity contribution in [3.05, 3.63) is 45.4 Å². The Kier molecular flexibility index (Phi) is 6.17. The molecule has 2 fully saturated rings. The van der Waals surface area contributed by atoms with Gasteiger partial charge in [-0.2, -0.15) is 11.8 Å². The molecule has 0 bridgehead atoms. The van der Waals surface area contributed by atoms with E-state index in [2.05, 4.69) is 5.32 Å². The van der Waals surface area contributed by atoms with Crippen LogP contribution in [-0.4, -0.2) is 55.8 Å². The van der Waals surface area contributed by atoms with Gasteiger partial charge in [0.25, 0.3) is 5.91 Å². The van der Waals surface area contributed by atoms with E-state index in [1.165, 1.54) is 22.3 Å². The second-order valence-electron chi connectivity index (χ2n) is 6.67. The molecule has 2 aromatic rings. The van der Waals surface area contributed by atoms with Crippen LogP contribution in [0.1, 0.15) is 9.67 Å². The molecule has 3 heterocycles. The molecule has 1 unspecified atom stereocenters. The van der Waals surface area contributed by atoms with Crippen molar-refractivity contribution < 1.29 is 18.7 Å². The lowest BCUT2D eigenvalue weighted by Crippen LogP contribution is -2.34. The average Bonchev–Trinajstić information content (AvgIpc) is 3.32. The van der Waals surface area contributed by atoms with E-state index in [1.807, 2.05) is 16.7 Å². The molecule has 1 atom stereocenters. The highest BCUT2D eigenvalue weighted by Crippen LogP contribution is 2.29. The topological polar surface area (TPSA) is 61.9 Å². The predicted octanol–water partition coefficient (Wildman–Crippen LogP) is 3.85. The summed E-state index contributed by atoms with van der Waals surface area (Å²) in [5, 5.41) is 2.74. The summed E-state index contributed by atoms with van der Waals surface area (Å²) in [5.41, 5.74) is 1.00. The Morgan fingerprint density at radius 3 is 2.76 bits per heavy atom. The van der Waals surface area contributed by atoms with E-state index in [1.54, 1.807) is 24.3 Å². The van der Waals surface area contributed by atoms with E-state index >= 15 is 0 Å². The normalized spacial score (nSPS) is 19.4. The number of hydrogen-bond donors (Lipinski definition) is 1. The minimum Gasteiger partial charge on any atom is -0.442 e. The lowest BCUT2D eigenvalue weighted by molar-refractivity contribution is 0.0920. The van der Waals surface area contributed by atoms with Gasteiger partial charge in [-0.25, -0.2) is 9.18 Å². The highest BCUT2D eigenvalue weighted by molar-refractivity contribution is 7.99. The maximum absolute atomic E-state index is 14.7. The summed E-state index contributed by atoms with van der Waals surface area (Å²) >= 11 is 8.88. The minimum absolute atomic E-state index is 0.169. The summed E-state index contributed by atoms with van der Waals surface area (Å²) in [6.45, 7) is 2.03. The largest absolute Gasteiger partial charge is 0.442 e. The van der Waals surface area contributed by atoms with Crippen molar-refractivity contribution >= 4 is 58.1 Å². The SMILES string of the molecule is O=C(NCC1CN(c2ccc(N3CCSCC3)c(F)c2)C(=O)O1)c1ccc(Cl)s1. The first kappa shape index (κ1) is 20.3. The van der Waals surface area contributed by atoms with Crippen molar-refractivity contribution in [1.82, 2.24) is 5.32 Å². The number of thioether (sulfide) groups is 1. The highest BCUT2D eigenvalue weighted by Gasteiger charge is 2.33. The van der Waals surface area contributed by atoms with Gasteiger partial charge in [0.15, 0.2) is 0 Å². The van der Waals surface area contributed by atoms with Crippen molar-refractivity contribution in [1.29, 1.82) is 0 Å². The van der Waals surface area contributed by atoms with Gasteiger partial charge in [-0.1, -0.05) is 11.6 Å². The Labute approximate surface area is 180 Å². The van der Waals surface area contributed by atoms with E-state index in [0.29, 0.717) is 20.6 Å². The van der Waals surface area contributed by atoms with Gasteiger partial charge in [-0.3, -0.25) is 9.69 Å². The van der Waals surface area contributed by atoms with Crippen LogP contribution >= 0.6 is 34.7 Å². The zero-order valence-corrected chi connectivity index (χ0v) is 17.8. The van der Waals surface area contributed by atoms with Crippen LogP contribution in [0, 0.1) is 5.82 Å². The number of nitrogens with one attached hydrogen (secondary N) is 1. The van der Waals surface area contributed by atoms with Crippen LogP contribution in [-0.2, 0) is 4.74 Å². The summed E-state index contributed by atoms with van der Waals surface area (Å²) in [6.07, 6.45) is -1.06. The molecule has 1 aromatic heterocycles. The van der Waals surface area contributed by atoms with Crippen molar-refractivity contribution in [2.75, 3.05) is 47.5 Å². The van der Waals surface area contributed by atoms with Crippen LogP contribution in [0.5, 0.6) is 0 Å². The highest BCUT2D eigenvalue weighted by atomic mass is 35.5. The van der Waals surface area contributed by atoms with Crippen molar-refractivity contribution in [2.45, 2.75) is 6.10 Å². The molecule has 1 aromatic carbocycles. The Hall–Kier alpha value is -1.97. The van der Waals surface area contributed by atoms with Crippen molar-refractivity contribution in [2.24, 2.45) is 0 Å². The molecule has 10 heteroatoms. The number of amides is 2. The first-order valence-corrected chi connectivity index (χ1v) is 11.5. The molecular formula is C19H19ClFN3O3S2. The molecule has 0 radical (unpaired) electrons. The van der Waals surface area contributed by atoms with Gasteiger partial charge in [-0.05, 0) is 30.3 Å². The number of halogens is 2. The molecule has 1 N–H and O–H groups in total. The number of thiophene rings is 1. The third-order valence-corrected chi connectivity index (χ3v) is 6.93. The van der Waals surface area contributed by atoms with Gasteiger partial charge in [0.2, 0.25) is 0 Å². The standard InChI is InChI=1S/C19H19ClFN3O3S2/c20-17-4-3-16(29-17)18(25)22-10-13-11-24(19(26)27-13)12-1-2-15(14(21)9-12)23-5-7-28-8-6-23/h1-4,9,13H,5-8,10-11H2,(H,22,25). The fourth-order valence-corrected chi connectivity index (χ4v) is 5.16. The van der Waals surface area contributed by atoms with Crippen molar-refractivity contribution in [3.8, 4) is 0 Å². The van der Waals surface area contributed by atoms with E-state index in [0.717, 1.165) is 24.6 Å². The monoisotopic (exact) mass is 455 g/mol. The molecule has 0 aliphatic carbocycles. The lowest BCUT2D eigenvalue weighted by Gasteiger charge is -2.29. The van der Waals surface area contributed by atoms with Gasteiger partial charge < -0.3 is 15.0 Å². The van der Waals surface area contributed by atoms with Crippen LogP contribution in [0.2, 0.25) is 4.34 Å². The molecule has 0 spiro atoms. The zero-order chi connectivity index (χ0) is 20.4. The number of rotatable bonds is 5. The second-order valence-corrected chi connectivity index (χ2v) is 9.61. The third-order valence-electron chi connectivity index (χ3n) is 4.76. The number of carbonyl (C=O) groups is 2. The summed E-state index contributed by atoms with van der Waals surface area (Å²) in [6, 6.07) is 8.10.